The number of hydrogen-bond donors (Lipinski definition) is 1. The van der Waals surface area contributed by atoms with E-state index in [-0.39, 0.29) is 31.3 Å². The molecule has 0 spiro atoms. The van der Waals surface area contributed by atoms with Crippen molar-refractivity contribution in [2.45, 2.75) is 46.7 Å². The first kappa shape index (κ1) is 29.7. The van der Waals surface area contributed by atoms with Crippen molar-refractivity contribution >= 4 is 17.5 Å². The second-order valence-electron chi connectivity index (χ2n) is 7.83. The van der Waals surface area contributed by atoms with Crippen LogP contribution in [0, 0.1) is 0 Å². The van der Waals surface area contributed by atoms with Gasteiger partial charge in [0.2, 0.25) is 11.8 Å². The predicted octanol–water partition coefficient (Wildman–Crippen LogP) is 6.37. The summed E-state index contributed by atoms with van der Waals surface area (Å²) in [5.74, 6) is -0.0553. The summed E-state index contributed by atoms with van der Waals surface area (Å²) >= 11 is 0. The van der Waals surface area contributed by atoms with Gasteiger partial charge in [0.1, 0.15) is 0 Å². The molecular formula is C27H36F3N3O2. The Bertz CT molecular complexity index is 975. The van der Waals surface area contributed by atoms with Gasteiger partial charge in [-0.15, -0.1) is 0 Å². The SMILES string of the molecule is C\C=C/C(=C\C(=C\CC)C(F)(F)F)C(N=C(CNC(=O)CN(C)c1ccccc1)OC)=C(C)CC. The minimum Gasteiger partial charge on any atom is -0.483 e. The summed E-state index contributed by atoms with van der Waals surface area (Å²) in [7, 11) is 3.22. The van der Waals surface area contributed by atoms with Crippen molar-refractivity contribution < 1.29 is 22.7 Å². The fourth-order valence-corrected chi connectivity index (χ4v) is 3.09. The molecule has 0 atom stereocenters. The monoisotopic (exact) mass is 491 g/mol. The number of aliphatic imine (C=N–C) groups is 1. The summed E-state index contributed by atoms with van der Waals surface area (Å²) in [6, 6.07) is 9.47. The minimum absolute atomic E-state index is 0.00148. The van der Waals surface area contributed by atoms with Gasteiger partial charge in [-0.05, 0) is 50.5 Å². The van der Waals surface area contributed by atoms with E-state index in [9.17, 15) is 18.0 Å². The number of carbonyl (C=O) groups excluding carboxylic acids is 1. The maximum Gasteiger partial charge on any atom is 0.416 e. The summed E-state index contributed by atoms with van der Waals surface area (Å²) in [5, 5.41) is 2.77. The lowest BCUT2D eigenvalue weighted by Crippen LogP contribution is -2.38. The number of nitrogens with zero attached hydrogens (tertiary/aromatic N) is 2. The molecule has 0 saturated heterocycles. The lowest BCUT2D eigenvalue weighted by Gasteiger charge is -2.19. The summed E-state index contributed by atoms with van der Waals surface area (Å²) in [4.78, 5) is 18.8. The number of amides is 1. The Morgan fingerprint density at radius 3 is 2.37 bits per heavy atom. The summed E-state index contributed by atoms with van der Waals surface area (Å²) < 4.78 is 46.0. The van der Waals surface area contributed by atoms with Gasteiger partial charge in [-0.3, -0.25) is 4.79 Å². The maximum atomic E-state index is 13.6. The highest BCUT2D eigenvalue weighted by atomic mass is 19.4. The number of nitrogens with one attached hydrogen (secondary N) is 1. The van der Waals surface area contributed by atoms with Crippen molar-refractivity contribution in [2.24, 2.45) is 4.99 Å². The standard InChI is InChI=1S/C27H36F3N3O2/c1-7-13-21(17-22(14-8-2)27(28,29)30)26(20(4)9-3)32-25(35-6)18-31-24(34)19-33(5)23-15-11-10-12-16-23/h7,10-17H,8-9,18-19H2,1-6H3,(H,31,34)/b13-7-,21-17+,22-14-,26-20?,32-25?. The molecule has 0 heterocycles. The first-order valence-corrected chi connectivity index (χ1v) is 11.5. The van der Waals surface area contributed by atoms with E-state index in [0.717, 1.165) is 23.4 Å². The van der Waals surface area contributed by atoms with Gasteiger partial charge in [-0.25, -0.2) is 4.99 Å². The summed E-state index contributed by atoms with van der Waals surface area (Å²) in [6.45, 7) is 7.22. The van der Waals surface area contributed by atoms with E-state index in [1.54, 1.807) is 30.9 Å². The lowest BCUT2D eigenvalue weighted by atomic mass is 10.0. The molecule has 192 valence electrons. The number of allylic oxidation sites excluding steroid dienone is 6. The number of carbonyl (C=O) groups is 1. The maximum absolute atomic E-state index is 13.6. The zero-order chi connectivity index (χ0) is 26.4. The number of likely N-dealkylation sites (N-methyl/N-ethyl adjacent to an activating group) is 1. The number of halogens is 3. The van der Waals surface area contributed by atoms with Crippen molar-refractivity contribution in [1.29, 1.82) is 0 Å². The Morgan fingerprint density at radius 1 is 1.20 bits per heavy atom. The van der Waals surface area contributed by atoms with Gasteiger partial charge in [0.05, 0.1) is 31.5 Å². The Labute approximate surface area is 206 Å². The average molecular weight is 492 g/mol. The van der Waals surface area contributed by atoms with Gasteiger partial charge in [0.25, 0.3) is 0 Å². The normalized spacial score (nSPS) is 14.1. The topological polar surface area (TPSA) is 53.9 Å². The Morgan fingerprint density at radius 2 is 1.86 bits per heavy atom. The molecule has 1 N–H and O–H groups in total. The van der Waals surface area contributed by atoms with Gasteiger partial charge in [-0.2, -0.15) is 13.2 Å². The Hall–Kier alpha value is -3.29. The number of para-hydroxylation sites is 1. The van der Waals surface area contributed by atoms with Gasteiger partial charge in [0, 0.05) is 18.3 Å². The van der Waals surface area contributed by atoms with Crippen molar-refractivity contribution in [3.63, 3.8) is 0 Å². The number of hydrogen-bond acceptors (Lipinski definition) is 4. The van der Waals surface area contributed by atoms with Crippen LogP contribution in [0.15, 0.2) is 82.0 Å². The number of rotatable bonds is 11. The van der Waals surface area contributed by atoms with Crippen LogP contribution in [0.4, 0.5) is 18.9 Å². The third-order valence-electron chi connectivity index (χ3n) is 5.10. The highest BCUT2D eigenvalue weighted by molar-refractivity contribution is 5.87. The van der Waals surface area contributed by atoms with E-state index in [4.69, 9.17) is 4.74 Å². The summed E-state index contributed by atoms with van der Waals surface area (Å²) in [5.41, 5.74) is 1.64. The van der Waals surface area contributed by atoms with Gasteiger partial charge >= 0.3 is 6.18 Å². The van der Waals surface area contributed by atoms with Gasteiger partial charge in [-0.1, -0.05) is 50.3 Å². The highest BCUT2D eigenvalue weighted by Gasteiger charge is 2.32. The number of alkyl halides is 3. The molecule has 1 amide bonds. The molecule has 0 aliphatic carbocycles. The van der Waals surface area contributed by atoms with Gasteiger partial charge in [0.15, 0.2) is 0 Å². The molecule has 0 aromatic heterocycles. The smallest absolute Gasteiger partial charge is 0.416 e. The first-order valence-electron chi connectivity index (χ1n) is 11.5. The molecule has 1 aromatic carbocycles. The summed E-state index contributed by atoms with van der Waals surface area (Å²) in [6.07, 6.45) is 1.84. The number of benzene rings is 1. The third-order valence-corrected chi connectivity index (χ3v) is 5.10. The van der Waals surface area contributed by atoms with Crippen LogP contribution >= 0.6 is 0 Å². The molecule has 0 aliphatic rings. The van der Waals surface area contributed by atoms with Crippen LogP contribution in [-0.2, 0) is 9.53 Å². The Balaban J connectivity index is 3.20. The molecule has 1 rings (SSSR count). The molecule has 8 heteroatoms. The first-order chi connectivity index (χ1) is 16.6. The van der Waals surface area contributed by atoms with Crippen LogP contribution in [-0.4, -0.2) is 45.2 Å². The molecule has 0 fully saturated rings. The van der Waals surface area contributed by atoms with E-state index in [0.29, 0.717) is 17.7 Å². The van der Waals surface area contributed by atoms with Gasteiger partial charge < -0.3 is 15.0 Å². The molecule has 0 radical (unpaired) electrons. The minimum atomic E-state index is -4.49. The van der Waals surface area contributed by atoms with E-state index >= 15 is 0 Å². The molecule has 0 bridgehead atoms. The fraction of sp³-hybridized carbons (Fsp3) is 0.407. The van der Waals surface area contributed by atoms with Crippen LogP contribution < -0.4 is 10.2 Å². The second kappa shape index (κ2) is 14.9. The van der Waals surface area contributed by atoms with Crippen molar-refractivity contribution in [3.8, 4) is 0 Å². The van der Waals surface area contributed by atoms with E-state index < -0.39 is 11.7 Å². The van der Waals surface area contributed by atoms with Crippen molar-refractivity contribution in [3.05, 3.63) is 77.1 Å². The third kappa shape index (κ3) is 10.2. The van der Waals surface area contributed by atoms with Crippen molar-refractivity contribution in [1.82, 2.24) is 5.32 Å². The number of ether oxygens (including phenoxy) is 1. The molecule has 0 unspecified atom stereocenters. The second-order valence-corrected chi connectivity index (χ2v) is 7.83. The number of anilines is 1. The quantitative estimate of drug-likeness (QED) is 0.222. The highest BCUT2D eigenvalue weighted by Crippen LogP contribution is 2.31. The van der Waals surface area contributed by atoms with E-state index in [1.807, 2.05) is 51.2 Å². The van der Waals surface area contributed by atoms with Crippen LogP contribution in [0.5, 0.6) is 0 Å². The molecule has 35 heavy (non-hydrogen) atoms. The Kier molecular flexibility index (Phi) is 12.6. The predicted molar refractivity (Wildman–Crippen MR) is 137 cm³/mol. The van der Waals surface area contributed by atoms with E-state index in [1.165, 1.54) is 7.11 Å². The zero-order valence-electron chi connectivity index (χ0n) is 21.4. The number of methoxy groups -OCH3 is 1. The molecular weight excluding hydrogens is 455 g/mol. The lowest BCUT2D eigenvalue weighted by molar-refractivity contribution is -0.119. The molecule has 5 nitrogen and oxygen atoms in total. The largest absolute Gasteiger partial charge is 0.483 e. The van der Waals surface area contributed by atoms with Crippen LogP contribution in [0.25, 0.3) is 0 Å². The van der Waals surface area contributed by atoms with Crippen LogP contribution in [0.2, 0.25) is 0 Å². The zero-order valence-corrected chi connectivity index (χ0v) is 21.4. The van der Waals surface area contributed by atoms with Crippen LogP contribution in [0.1, 0.15) is 40.5 Å². The van der Waals surface area contributed by atoms with Crippen molar-refractivity contribution in [2.75, 3.05) is 32.1 Å². The molecule has 0 aliphatic heterocycles. The molecule has 0 saturated carbocycles. The van der Waals surface area contributed by atoms with Crippen LogP contribution in [0.3, 0.4) is 0 Å². The fourth-order valence-electron chi connectivity index (χ4n) is 3.09. The molecule has 1 aromatic rings. The average Bonchev–Trinajstić information content (AvgIpc) is 2.83. The van der Waals surface area contributed by atoms with E-state index in [2.05, 4.69) is 10.3 Å².